The van der Waals surface area contributed by atoms with E-state index in [4.69, 9.17) is 16.0 Å². The fraction of sp³-hybridized carbons (Fsp3) is 0.286. The number of nitrogens with zero attached hydrogens (tertiary/aromatic N) is 3. The lowest BCUT2D eigenvalue weighted by atomic mass is 10.0. The number of benzene rings is 1. The summed E-state index contributed by atoms with van der Waals surface area (Å²) in [5.74, 6) is 0.533. The zero-order valence-corrected chi connectivity index (χ0v) is 16.1. The molecule has 0 saturated carbocycles. The number of allylic oxidation sites excluding steroid dienone is 2. The van der Waals surface area contributed by atoms with E-state index in [1.165, 1.54) is 10.9 Å². The van der Waals surface area contributed by atoms with Crippen molar-refractivity contribution in [2.75, 3.05) is 0 Å². The number of aromatic nitrogens is 2. The van der Waals surface area contributed by atoms with Gasteiger partial charge in [0.15, 0.2) is 0 Å². The maximum atomic E-state index is 13.1. The maximum absolute atomic E-state index is 13.1. The zero-order valence-electron chi connectivity index (χ0n) is 15.3. The van der Waals surface area contributed by atoms with Gasteiger partial charge in [0.2, 0.25) is 5.91 Å². The van der Waals surface area contributed by atoms with Gasteiger partial charge in [0.25, 0.3) is 5.56 Å². The summed E-state index contributed by atoms with van der Waals surface area (Å²) in [6.07, 6.45) is 9.07. The van der Waals surface area contributed by atoms with Gasteiger partial charge in [0, 0.05) is 10.7 Å². The SMILES string of the molecule is O=C(Cn1cnc2ccc(Cl)cc2c1=O)N(Cc1ccco1)C1=CCCCC1. The lowest BCUT2D eigenvalue weighted by Gasteiger charge is -2.27. The van der Waals surface area contributed by atoms with Crippen molar-refractivity contribution in [1.82, 2.24) is 14.5 Å². The van der Waals surface area contributed by atoms with Gasteiger partial charge in [-0.15, -0.1) is 0 Å². The van der Waals surface area contributed by atoms with E-state index < -0.39 is 0 Å². The molecule has 0 atom stereocenters. The summed E-state index contributed by atoms with van der Waals surface area (Å²) in [5, 5.41) is 0.861. The van der Waals surface area contributed by atoms with E-state index in [9.17, 15) is 9.59 Å². The quantitative estimate of drug-likeness (QED) is 0.649. The summed E-state index contributed by atoms with van der Waals surface area (Å²) in [6, 6.07) is 8.61. The van der Waals surface area contributed by atoms with Crippen molar-refractivity contribution >= 4 is 28.4 Å². The smallest absolute Gasteiger partial charge is 0.261 e. The molecule has 144 valence electrons. The molecule has 0 aliphatic heterocycles. The number of carbonyl (C=O) groups is 1. The van der Waals surface area contributed by atoms with E-state index in [1.54, 1.807) is 35.4 Å². The van der Waals surface area contributed by atoms with Gasteiger partial charge in [0.05, 0.1) is 30.0 Å². The molecule has 0 bridgehead atoms. The second kappa shape index (κ2) is 8.02. The van der Waals surface area contributed by atoms with Crippen LogP contribution in [0.5, 0.6) is 0 Å². The molecular formula is C21H20ClN3O3. The van der Waals surface area contributed by atoms with E-state index >= 15 is 0 Å². The molecule has 1 aliphatic carbocycles. The maximum Gasteiger partial charge on any atom is 0.261 e. The highest BCUT2D eigenvalue weighted by atomic mass is 35.5. The van der Waals surface area contributed by atoms with Crippen LogP contribution in [0.4, 0.5) is 0 Å². The van der Waals surface area contributed by atoms with Gasteiger partial charge in [-0.05, 0) is 56.0 Å². The second-order valence-corrected chi connectivity index (χ2v) is 7.28. The molecule has 2 aromatic heterocycles. The number of hydrogen-bond acceptors (Lipinski definition) is 4. The van der Waals surface area contributed by atoms with Crippen LogP contribution in [-0.4, -0.2) is 20.4 Å². The Balaban J connectivity index is 1.64. The van der Waals surface area contributed by atoms with Gasteiger partial charge in [0.1, 0.15) is 12.3 Å². The summed E-state index contributed by atoms with van der Waals surface area (Å²) in [4.78, 5) is 31.9. The minimum atomic E-state index is -0.281. The van der Waals surface area contributed by atoms with Gasteiger partial charge in [-0.1, -0.05) is 17.7 Å². The van der Waals surface area contributed by atoms with Gasteiger partial charge < -0.3 is 9.32 Å². The Hall–Kier alpha value is -2.86. The molecule has 4 rings (SSSR count). The first-order valence-corrected chi connectivity index (χ1v) is 9.66. The topological polar surface area (TPSA) is 68.3 Å². The molecule has 6 nitrogen and oxygen atoms in total. The summed E-state index contributed by atoms with van der Waals surface area (Å²) in [7, 11) is 0. The van der Waals surface area contributed by atoms with Crippen molar-refractivity contribution in [1.29, 1.82) is 0 Å². The Kier molecular flexibility index (Phi) is 5.30. The fourth-order valence-corrected chi connectivity index (χ4v) is 3.62. The van der Waals surface area contributed by atoms with Crippen LogP contribution < -0.4 is 5.56 Å². The Morgan fingerprint density at radius 3 is 2.93 bits per heavy atom. The molecule has 0 N–H and O–H groups in total. The second-order valence-electron chi connectivity index (χ2n) is 6.84. The summed E-state index contributed by atoms with van der Waals surface area (Å²) in [5.41, 5.74) is 1.26. The summed E-state index contributed by atoms with van der Waals surface area (Å²) >= 11 is 6.01. The van der Waals surface area contributed by atoms with Crippen LogP contribution in [0.3, 0.4) is 0 Å². The standard InChI is InChI=1S/C21H20ClN3O3/c22-15-8-9-19-18(11-15)21(27)24(14-23-19)13-20(26)25(12-17-7-4-10-28-17)16-5-2-1-3-6-16/h4-5,7-11,14H,1-3,6,12-13H2. The Labute approximate surface area is 167 Å². The molecular weight excluding hydrogens is 378 g/mol. The normalized spacial score (nSPS) is 14.1. The van der Waals surface area contributed by atoms with Crippen molar-refractivity contribution in [3.05, 3.63) is 75.8 Å². The van der Waals surface area contributed by atoms with Crippen molar-refractivity contribution in [2.45, 2.75) is 38.8 Å². The molecule has 2 heterocycles. The summed E-state index contributed by atoms with van der Waals surface area (Å²) < 4.78 is 6.77. The van der Waals surface area contributed by atoms with Crippen LogP contribution in [0.2, 0.25) is 5.02 Å². The van der Waals surface area contributed by atoms with E-state index in [1.807, 2.05) is 6.07 Å². The molecule has 7 heteroatoms. The number of amides is 1. The first kappa shape index (κ1) is 18.5. The molecule has 0 unspecified atom stereocenters. The third-order valence-corrected chi connectivity index (χ3v) is 5.14. The molecule has 1 aromatic carbocycles. The Morgan fingerprint density at radius 2 is 2.18 bits per heavy atom. The number of rotatable bonds is 5. The molecule has 1 aliphatic rings. The summed E-state index contributed by atoms with van der Waals surface area (Å²) in [6.45, 7) is 0.256. The molecule has 0 spiro atoms. The van der Waals surface area contributed by atoms with E-state index in [2.05, 4.69) is 11.1 Å². The van der Waals surface area contributed by atoms with Crippen molar-refractivity contribution in [2.24, 2.45) is 0 Å². The number of carbonyl (C=O) groups excluding carboxylic acids is 1. The fourth-order valence-electron chi connectivity index (χ4n) is 3.45. The number of hydrogen-bond donors (Lipinski definition) is 0. The van der Waals surface area contributed by atoms with E-state index in [0.717, 1.165) is 31.4 Å². The highest BCUT2D eigenvalue weighted by Gasteiger charge is 2.22. The lowest BCUT2D eigenvalue weighted by Crippen LogP contribution is -2.36. The first-order valence-electron chi connectivity index (χ1n) is 9.28. The Morgan fingerprint density at radius 1 is 1.29 bits per heavy atom. The number of halogens is 1. The van der Waals surface area contributed by atoms with Gasteiger partial charge >= 0.3 is 0 Å². The third-order valence-electron chi connectivity index (χ3n) is 4.90. The van der Waals surface area contributed by atoms with Crippen molar-refractivity contribution in [3.63, 3.8) is 0 Å². The predicted molar refractivity (Wildman–Crippen MR) is 107 cm³/mol. The molecule has 1 amide bonds. The van der Waals surface area contributed by atoms with Crippen LogP contribution in [0.15, 0.2) is 63.9 Å². The lowest BCUT2D eigenvalue weighted by molar-refractivity contribution is -0.130. The highest BCUT2D eigenvalue weighted by molar-refractivity contribution is 6.31. The average molecular weight is 398 g/mol. The molecule has 0 fully saturated rings. The van der Waals surface area contributed by atoms with Crippen LogP contribution in [0, 0.1) is 0 Å². The van der Waals surface area contributed by atoms with Crippen LogP contribution in [-0.2, 0) is 17.9 Å². The highest BCUT2D eigenvalue weighted by Crippen LogP contribution is 2.23. The Bertz CT molecular complexity index is 1090. The number of fused-ring (bicyclic) bond motifs is 1. The van der Waals surface area contributed by atoms with Crippen LogP contribution in [0.1, 0.15) is 31.4 Å². The molecule has 28 heavy (non-hydrogen) atoms. The third kappa shape index (κ3) is 3.87. The van der Waals surface area contributed by atoms with Crippen molar-refractivity contribution < 1.29 is 9.21 Å². The van der Waals surface area contributed by atoms with Crippen LogP contribution >= 0.6 is 11.6 Å². The van der Waals surface area contributed by atoms with Crippen molar-refractivity contribution in [3.8, 4) is 0 Å². The monoisotopic (exact) mass is 397 g/mol. The average Bonchev–Trinajstić information content (AvgIpc) is 3.22. The minimum Gasteiger partial charge on any atom is -0.467 e. The molecule has 0 saturated heterocycles. The molecule has 3 aromatic rings. The van der Waals surface area contributed by atoms with Gasteiger partial charge in [-0.3, -0.25) is 14.2 Å². The first-order chi connectivity index (χ1) is 13.6. The van der Waals surface area contributed by atoms with Crippen LogP contribution in [0.25, 0.3) is 10.9 Å². The minimum absolute atomic E-state index is 0.0909. The predicted octanol–water partition coefficient (Wildman–Crippen LogP) is 4.13. The number of furan rings is 1. The zero-order chi connectivity index (χ0) is 19.5. The van der Waals surface area contributed by atoms with E-state index in [0.29, 0.717) is 28.2 Å². The van der Waals surface area contributed by atoms with Gasteiger partial charge in [-0.25, -0.2) is 4.98 Å². The molecule has 0 radical (unpaired) electrons. The largest absolute Gasteiger partial charge is 0.467 e. The van der Waals surface area contributed by atoms with Gasteiger partial charge in [-0.2, -0.15) is 0 Å². The van der Waals surface area contributed by atoms with E-state index in [-0.39, 0.29) is 18.0 Å².